The van der Waals surface area contributed by atoms with E-state index in [1.54, 1.807) is 31.2 Å². The summed E-state index contributed by atoms with van der Waals surface area (Å²) in [6.45, 7) is 5.16. The minimum Gasteiger partial charge on any atom is -0.491 e. The van der Waals surface area contributed by atoms with Crippen LogP contribution in [0.1, 0.15) is 19.8 Å². The van der Waals surface area contributed by atoms with E-state index in [1.807, 2.05) is 11.9 Å². The molecule has 10 nitrogen and oxygen atoms in total. The van der Waals surface area contributed by atoms with E-state index in [1.165, 1.54) is 24.5 Å². The number of nitrogens with one attached hydrogen (secondary N) is 2. The van der Waals surface area contributed by atoms with Gasteiger partial charge in [0.15, 0.2) is 0 Å². The van der Waals surface area contributed by atoms with Gasteiger partial charge in [0, 0.05) is 49.4 Å². The fourth-order valence-corrected chi connectivity index (χ4v) is 4.89. The highest BCUT2D eigenvalue weighted by molar-refractivity contribution is 6.31. The number of piperazine rings is 1. The Hall–Kier alpha value is -3.80. The molecule has 1 saturated heterocycles. The summed E-state index contributed by atoms with van der Waals surface area (Å²) in [7, 11) is 1.97. The summed E-state index contributed by atoms with van der Waals surface area (Å²) in [4.78, 5) is 38.4. The van der Waals surface area contributed by atoms with E-state index in [-0.39, 0.29) is 22.9 Å². The van der Waals surface area contributed by atoms with Crippen LogP contribution in [0.2, 0.25) is 5.02 Å². The molecule has 1 saturated carbocycles. The Bertz CT molecular complexity index is 1480. The summed E-state index contributed by atoms with van der Waals surface area (Å²) < 4.78 is 25.0. The zero-order chi connectivity index (χ0) is 29.6. The van der Waals surface area contributed by atoms with Crippen LogP contribution in [0.3, 0.4) is 0 Å². The lowest BCUT2D eigenvalue weighted by Crippen LogP contribution is -2.55. The van der Waals surface area contributed by atoms with Gasteiger partial charge in [0.2, 0.25) is 5.91 Å². The van der Waals surface area contributed by atoms with E-state index in [0.717, 1.165) is 19.4 Å². The summed E-state index contributed by atoms with van der Waals surface area (Å²) in [5, 5.41) is 6.70. The number of halogens is 2. The van der Waals surface area contributed by atoms with Gasteiger partial charge in [0.25, 0.3) is 0 Å². The summed E-state index contributed by atoms with van der Waals surface area (Å²) in [5.74, 6) is 0.351. The Kier molecular flexibility index (Phi) is 9.51. The molecule has 12 heteroatoms. The molecular formula is C30H34ClFN6O4. The molecular weight excluding hydrogens is 563 g/mol. The van der Waals surface area contributed by atoms with Crippen molar-refractivity contribution in [3.8, 4) is 5.75 Å². The van der Waals surface area contributed by atoms with E-state index in [4.69, 9.17) is 21.1 Å². The zero-order valence-electron chi connectivity index (χ0n) is 23.6. The van der Waals surface area contributed by atoms with Gasteiger partial charge in [-0.05, 0) is 57.0 Å². The van der Waals surface area contributed by atoms with Crippen molar-refractivity contribution in [2.75, 3.05) is 57.1 Å². The second-order valence-electron chi connectivity index (χ2n) is 10.5. The van der Waals surface area contributed by atoms with Crippen LogP contribution < -0.4 is 15.4 Å². The first-order valence-electron chi connectivity index (χ1n) is 14.0. The van der Waals surface area contributed by atoms with Gasteiger partial charge in [0.05, 0.1) is 29.4 Å². The third-order valence-electron chi connectivity index (χ3n) is 7.21. The Morgan fingerprint density at radius 3 is 2.79 bits per heavy atom. The van der Waals surface area contributed by atoms with E-state index < -0.39 is 5.82 Å². The van der Waals surface area contributed by atoms with E-state index in [2.05, 4.69) is 25.5 Å². The van der Waals surface area contributed by atoms with Crippen molar-refractivity contribution in [2.45, 2.75) is 25.8 Å². The second-order valence-corrected chi connectivity index (χ2v) is 10.9. The number of amides is 1. The van der Waals surface area contributed by atoms with E-state index >= 15 is 0 Å². The lowest BCUT2D eigenvalue weighted by atomic mass is 10.1. The maximum absolute atomic E-state index is 13.7. The molecule has 42 heavy (non-hydrogen) atoms. The van der Waals surface area contributed by atoms with Gasteiger partial charge in [-0.1, -0.05) is 17.7 Å². The molecule has 2 heterocycles. The van der Waals surface area contributed by atoms with Crippen molar-refractivity contribution < 1.29 is 23.5 Å². The fourth-order valence-electron chi connectivity index (χ4n) is 4.71. The third-order valence-corrected chi connectivity index (χ3v) is 7.50. The molecule has 1 aromatic heterocycles. The number of likely N-dealkylation sites (N-methyl/N-ethyl adjacent to an activating group) is 1. The van der Waals surface area contributed by atoms with Crippen LogP contribution >= 0.6 is 11.6 Å². The standard InChI is InChI=1S/C30H34ClFN6O4/c1-3-41-30(40)26-16-37(2)11-12-38(26)10-4-5-28(39)36-25-14-21-24(15-27(25)42-17-19-6-7-19)33-18-34-29(21)35-20-8-9-23(32)22(31)13-20/h4-5,8-9,13-15,18-19,26H,3,6-7,10-12,16-17H2,1-2H3,(H,36,39)(H,33,34,35)/b5-4+. The quantitative estimate of drug-likeness (QED) is 0.242. The Morgan fingerprint density at radius 1 is 1.19 bits per heavy atom. The van der Waals surface area contributed by atoms with Crippen molar-refractivity contribution in [1.29, 1.82) is 0 Å². The molecule has 2 fully saturated rings. The number of rotatable bonds is 11. The van der Waals surface area contributed by atoms with Crippen LogP contribution in [0.5, 0.6) is 5.75 Å². The first-order chi connectivity index (χ1) is 20.3. The minimum absolute atomic E-state index is 0.0148. The summed E-state index contributed by atoms with van der Waals surface area (Å²) >= 11 is 5.96. The second kappa shape index (κ2) is 13.5. The number of hydrogen-bond acceptors (Lipinski definition) is 9. The van der Waals surface area contributed by atoms with Gasteiger partial charge in [-0.3, -0.25) is 14.5 Å². The van der Waals surface area contributed by atoms with Crippen LogP contribution in [-0.2, 0) is 14.3 Å². The van der Waals surface area contributed by atoms with Gasteiger partial charge in [-0.2, -0.15) is 0 Å². The van der Waals surface area contributed by atoms with Crippen LogP contribution in [0, 0.1) is 11.7 Å². The van der Waals surface area contributed by atoms with Gasteiger partial charge in [-0.25, -0.2) is 14.4 Å². The molecule has 0 bridgehead atoms. The largest absolute Gasteiger partial charge is 0.491 e. The van der Waals surface area contributed by atoms with Crippen molar-refractivity contribution in [3.05, 3.63) is 59.7 Å². The molecule has 2 N–H and O–H groups in total. The van der Waals surface area contributed by atoms with Crippen LogP contribution in [0.4, 0.5) is 21.6 Å². The predicted molar refractivity (Wildman–Crippen MR) is 160 cm³/mol. The average molecular weight is 597 g/mol. The highest BCUT2D eigenvalue weighted by Crippen LogP contribution is 2.36. The first-order valence-corrected chi connectivity index (χ1v) is 14.4. The number of esters is 1. The first kappa shape index (κ1) is 29.7. The maximum atomic E-state index is 13.7. The number of carbonyl (C=O) groups excluding carboxylic acids is 2. The molecule has 1 aliphatic heterocycles. The fraction of sp³-hybridized carbons (Fsp3) is 0.400. The number of aromatic nitrogens is 2. The minimum atomic E-state index is -0.519. The Labute approximate surface area is 248 Å². The number of fused-ring (bicyclic) bond motifs is 1. The topological polar surface area (TPSA) is 109 Å². The number of hydrogen-bond donors (Lipinski definition) is 2. The molecule has 2 aromatic carbocycles. The van der Waals surface area contributed by atoms with Gasteiger partial charge in [0.1, 0.15) is 29.8 Å². The van der Waals surface area contributed by atoms with Gasteiger partial charge >= 0.3 is 5.97 Å². The molecule has 3 aromatic rings. The van der Waals surface area contributed by atoms with Crippen molar-refractivity contribution in [1.82, 2.24) is 19.8 Å². The molecule has 222 valence electrons. The molecule has 5 rings (SSSR count). The monoisotopic (exact) mass is 596 g/mol. The zero-order valence-corrected chi connectivity index (χ0v) is 24.4. The highest BCUT2D eigenvalue weighted by atomic mass is 35.5. The lowest BCUT2D eigenvalue weighted by Gasteiger charge is -2.37. The van der Waals surface area contributed by atoms with Crippen molar-refractivity contribution in [2.24, 2.45) is 5.92 Å². The summed E-state index contributed by atoms with van der Waals surface area (Å²) in [6.07, 6.45) is 6.86. The van der Waals surface area contributed by atoms with E-state index in [0.29, 0.717) is 72.6 Å². The number of nitrogens with zero attached hydrogens (tertiary/aromatic N) is 4. The lowest BCUT2D eigenvalue weighted by molar-refractivity contribution is -0.151. The Balaban J connectivity index is 1.34. The molecule has 1 amide bonds. The number of carbonyl (C=O) groups is 2. The average Bonchev–Trinajstić information content (AvgIpc) is 3.80. The molecule has 1 aliphatic carbocycles. The SMILES string of the molecule is CCOC(=O)C1CN(C)CCN1C/C=C/C(=O)Nc1cc2c(Nc3ccc(F)c(Cl)c3)ncnc2cc1OCC1CC1. The third kappa shape index (κ3) is 7.53. The molecule has 0 radical (unpaired) electrons. The smallest absolute Gasteiger partial charge is 0.324 e. The number of anilines is 3. The van der Waals surface area contributed by atoms with E-state index in [9.17, 15) is 14.0 Å². The van der Waals surface area contributed by atoms with Gasteiger partial charge in [-0.15, -0.1) is 0 Å². The van der Waals surface area contributed by atoms with Gasteiger partial charge < -0.3 is 25.0 Å². The molecule has 1 unspecified atom stereocenters. The van der Waals surface area contributed by atoms with Crippen LogP contribution in [0.25, 0.3) is 10.9 Å². The van der Waals surface area contributed by atoms with Crippen molar-refractivity contribution >= 4 is 51.6 Å². The molecule has 1 atom stereocenters. The molecule has 0 spiro atoms. The number of benzene rings is 2. The highest BCUT2D eigenvalue weighted by Gasteiger charge is 2.31. The number of ether oxygens (including phenoxy) is 2. The predicted octanol–water partition coefficient (Wildman–Crippen LogP) is 4.63. The Morgan fingerprint density at radius 2 is 2.02 bits per heavy atom. The normalized spacial score (nSPS) is 17.9. The van der Waals surface area contributed by atoms with Crippen molar-refractivity contribution in [3.63, 3.8) is 0 Å². The maximum Gasteiger partial charge on any atom is 0.324 e. The molecule has 2 aliphatic rings. The van der Waals surface area contributed by atoms with Crippen LogP contribution in [-0.4, -0.2) is 84.1 Å². The van der Waals surface area contributed by atoms with Crippen LogP contribution in [0.15, 0.2) is 48.8 Å². The summed E-state index contributed by atoms with van der Waals surface area (Å²) in [5.41, 5.74) is 1.63. The summed E-state index contributed by atoms with van der Waals surface area (Å²) in [6, 6.07) is 7.44.